The summed E-state index contributed by atoms with van der Waals surface area (Å²) in [5, 5.41) is 10.4. The maximum absolute atomic E-state index is 12.5. The molecule has 0 radical (unpaired) electrons. The van der Waals surface area contributed by atoms with Gasteiger partial charge >= 0.3 is 11.6 Å². The van der Waals surface area contributed by atoms with Crippen molar-refractivity contribution in [3.63, 3.8) is 0 Å². The minimum absolute atomic E-state index is 0.0204. The summed E-state index contributed by atoms with van der Waals surface area (Å²) >= 11 is 0. The molecule has 3 aromatic rings. The number of aryl methyl sites for hydroxylation is 1. The Balaban J connectivity index is 1.51. The van der Waals surface area contributed by atoms with E-state index >= 15 is 0 Å². The van der Waals surface area contributed by atoms with E-state index in [-0.39, 0.29) is 23.8 Å². The van der Waals surface area contributed by atoms with Gasteiger partial charge in [0.1, 0.15) is 17.9 Å². The molecule has 1 amide bonds. The Hall–Kier alpha value is -3.61. The lowest BCUT2D eigenvalue weighted by Gasteiger charge is -2.26. The minimum atomic E-state index is -0.585. The van der Waals surface area contributed by atoms with Crippen molar-refractivity contribution in [2.75, 3.05) is 11.4 Å². The van der Waals surface area contributed by atoms with Gasteiger partial charge in [0.15, 0.2) is 0 Å². The highest BCUT2D eigenvalue weighted by molar-refractivity contribution is 5.95. The molecule has 1 aliphatic rings. The summed E-state index contributed by atoms with van der Waals surface area (Å²) in [5.41, 5.74) is 1.73. The Bertz CT molecular complexity index is 1180. The number of piperidine rings is 1. The van der Waals surface area contributed by atoms with Gasteiger partial charge in [-0.2, -0.15) is 0 Å². The molecular formula is C23H21NO6. The van der Waals surface area contributed by atoms with Crippen LogP contribution in [0.4, 0.5) is 5.69 Å². The molecule has 1 saturated heterocycles. The van der Waals surface area contributed by atoms with Gasteiger partial charge in [0, 0.05) is 41.2 Å². The number of carbonyl (C=O) groups is 2. The molecule has 7 nitrogen and oxygen atoms in total. The molecule has 2 aromatic carbocycles. The summed E-state index contributed by atoms with van der Waals surface area (Å²) in [5.74, 6) is -0.428. The second-order valence-corrected chi connectivity index (χ2v) is 7.30. The van der Waals surface area contributed by atoms with Gasteiger partial charge in [-0.15, -0.1) is 0 Å². The van der Waals surface area contributed by atoms with Crippen molar-refractivity contribution in [3.8, 4) is 5.75 Å². The topological polar surface area (TPSA) is 97.0 Å². The molecule has 2 heterocycles. The number of phenolic OH excluding ortho intramolecular Hbond substituents is 1. The van der Waals surface area contributed by atoms with Crippen molar-refractivity contribution in [3.05, 3.63) is 69.6 Å². The maximum Gasteiger partial charge on any atom is 0.338 e. The second kappa shape index (κ2) is 8.02. The van der Waals surface area contributed by atoms with Crippen molar-refractivity contribution in [2.24, 2.45) is 0 Å². The van der Waals surface area contributed by atoms with Gasteiger partial charge in [0.05, 0.1) is 5.56 Å². The van der Waals surface area contributed by atoms with Crippen LogP contribution in [0.15, 0.2) is 51.7 Å². The number of fused-ring (bicyclic) bond motifs is 1. The predicted molar refractivity (Wildman–Crippen MR) is 111 cm³/mol. The van der Waals surface area contributed by atoms with E-state index in [9.17, 15) is 19.5 Å². The predicted octanol–water partition coefficient (Wildman–Crippen LogP) is 3.68. The van der Waals surface area contributed by atoms with Crippen LogP contribution in [-0.2, 0) is 16.1 Å². The van der Waals surface area contributed by atoms with E-state index in [1.54, 1.807) is 42.2 Å². The van der Waals surface area contributed by atoms with E-state index in [1.165, 1.54) is 12.1 Å². The Kier molecular flexibility index (Phi) is 5.27. The van der Waals surface area contributed by atoms with E-state index in [0.29, 0.717) is 35.0 Å². The van der Waals surface area contributed by atoms with Crippen LogP contribution in [0.3, 0.4) is 0 Å². The average molecular weight is 407 g/mol. The normalized spacial score (nSPS) is 14.2. The van der Waals surface area contributed by atoms with Crippen LogP contribution in [0.1, 0.15) is 40.7 Å². The molecule has 0 aliphatic carbocycles. The number of hydrogen-bond acceptors (Lipinski definition) is 6. The zero-order valence-corrected chi connectivity index (χ0v) is 16.5. The quantitative estimate of drug-likeness (QED) is 0.523. The van der Waals surface area contributed by atoms with Crippen molar-refractivity contribution in [1.82, 2.24) is 0 Å². The van der Waals surface area contributed by atoms with Crippen LogP contribution in [0.25, 0.3) is 11.0 Å². The molecule has 0 unspecified atom stereocenters. The fourth-order valence-electron chi connectivity index (χ4n) is 3.62. The van der Waals surface area contributed by atoms with Gasteiger partial charge in [0.2, 0.25) is 5.91 Å². The third-order valence-corrected chi connectivity index (χ3v) is 5.31. The molecule has 0 spiro atoms. The molecular weight excluding hydrogens is 386 g/mol. The van der Waals surface area contributed by atoms with E-state index in [0.717, 1.165) is 18.5 Å². The number of esters is 1. The standard InChI is InChI=1S/C23H21NO6/c1-14-19(25)10-9-18-16(12-21(27)30-22(14)18)13-29-23(28)15-5-7-17(8-6-15)24-11-3-2-4-20(24)26/h5-10,12,25H,2-4,11,13H2,1H3. The van der Waals surface area contributed by atoms with Gasteiger partial charge in [-0.05, 0) is 56.2 Å². The Morgan fingerprint density at radius 3 is 2.63 bits per heavy atom. The lowest BCUT2D eigenvalue weighted by atomic mass is 10.1. The average Bonchev–Trinajstić information content (AvgIpc) is 2.75. The molecule has 154 valence electrons. The van der Waals surface area contributed by atoms with Crippen molar-refractivity contribution in [2.45, 2.75) is 32.8 Å². The molecule has 1 aliphatic heterocycles. The number of nitrogens with zero attached hydrogens (tertiary/aromatic N) is 1. The highest BCUT2D eigenvalue weighted by atomic mass is 16.5. The second-order valence-electron chi connectivity index (χ2n) is 7.30. The monoisotopic (exact) mass is 407 g/mol. The minimum Gasteiger partial charge on any atom is -0.508 e. The molecule has 7 heteroatoms. The van der Waals surface area contributed by atoms with E-state index in [1.807, 2.05) is 0 Å². The first kappa shape index (κ1) is 19.7. The number of carbonyl (C=O) groups excluding carboxylic acids is 2. The van der Waals surface area contributed by atoms with Crippen LogP contribution in [0.5, 0.6) is 5.75 Å². The Morgan fingerprint density at radius 2 is 1.90 bits per heavy atom. The highest BCUT2D eigenvalue weighted by Crippen LogP contribution is 2.28. The largest absolute Gasteiger partial charge is 0.508 e. The summed E-state index contributed by atoms with van der Waals surface area (Å²) in [6.45, 7) is 2.21. The van der Waals surface area contributed by atoms with Crippen molar-refractivity contribution in [1.29, 1.82) is 0 Å². The summed E-state index contributed by atoms with van der Waals surface area (Å²) in [6, 6.07) is 11.1. The van der Waals surface area contributed by atoms with Gasteiger partial charge in [-0.1, -0.05) is 0 Å². The van der Waals surface area contributed by atoms with Crippen LogP contribution >= 0.6 is 0 Å². The first-order chi connectivity index (χ1) is 14.4. The van der Waals surface area contributed by atoms with E-state index in [2.05, 4.69) is 0 Å². The number of aromatic hydroxyl groups is 1. The number of phenols is 1. The Morgan fingerprint density at radius 1 is 1.13 bits per heavy atom. The summed E-state index contributed by atoms with van der Waals surface area (Å²) in [7, 11) is 0. The van der Waals surface area contributed by atoms with Gasteiger partial charge in [0.25, 0.3) is 0 Å². The zero-order valence-electron chi connectivity index (χ0n) is 16.5. The molecule has 0 atom stereocenters. The molecule has 0 saturated carbocycles. The lowest BCUT2D eigenvalue weighted by Crippen LogP contribution is -2.35. The van der Waals surface area contributed by atoms with Crippen LogP contribution in [0, 0.1) is 6.92 Å². The van der Waals surface area contributed by atoms with Gasteiger partial charge in [-0.25, -0.2) is 9.59 Å². The molecule has 1 fully saturated rings. The maximum atomic E-state index is 12.5. The molecule has 30 heavy (non-hydrogen) atoms. The van der Waals surface area contributed by atoms with Crippen LogP contribution in [0.2, 0.25) is 0 Å². The van der Waals surface area contributed by atoms with E-state index in [4.69, 9.17) is 9.15 Å². The van der Waals surface area contributed by atoms with Crippen LogP contribution in [-0.4, -0.2) is 23.5 Å². The number of amides is 1. The molecule has 1 aromatic heterocycles. The number of ether oxygens (including phenoxy) is 1. The number of rotatable bonds is 4. The van der Waals surface area contributed by atoms with Crippen LogP contribution < -0.4 is 10.5 Å². The fraction of sp³-hybridized carbons (Fsp3) is 0.261. The first-order valence-electron chi connectivity index (χ1n) is 9.77. The summed E-state index contributed by atoms with van der Waals surface area (Å²) in [4.78, 5) is 38.1. The number of anilines is 1. The number of benzene rings is 2. The SMILES string of the molecule is Cc1c(O)ccc2c(COC(=O)c3ccc(N4CCCCC4=O)cc3)cc(=O)oc12. The molecule has 0 bridgehead atoms. The third kappa shape index (κ3) is 3.78. The lowest BCUT2D eigenvalue weighted by molar-refractivity contribution is -0.119. The zero-order chi connectivity index (χ0) is 21.3. The smallest absolute Gasteiger partial charge is 0.338 e. The highest BCUT2D eigenvalue weighted by Gasteiger charge is 2.20. The number of hydrogen-bond donors (Lipinski definition) is 1. The van der Waals surface area contributed by atoms with Crippen molar-refractivity contribution >= 4 is 28.5 Å². The first-order valence-corrected chi connectivity index (χ1v) is 9.77. The van der Waals surface area contributed by atoms with E-state index < -0.39 is 11.6 Å². The molecule has 1 N–H and O–H groups in total. The van der Waals surface area contributed by atoms with Gasteiger partial charge < -0.3 is 19.2 Å². The fourth-order valence-corrected chi connectivity index (χ4v) is 3.62. The Labute approximate surface area is 172 Å². The third-order valence-electron chi connectivity index (χ3n) is 5.31. The summed E-state index contributed by atoms with van der Waals surface area (Å²) < 4.78 is 10.6. The molecule has 4 rings (SSSR count). The van der Waals surface area contributed by atoms with Gasteiger partial charge in [-0.3, -0.25) is 4.79 Å². The summed E-state index contributed by atoms with van der Waals surface area (Å²) in [6.07, 6.45) is 2.41. The van der Waals surface area contributed by atoms with Crippen molar-refractivity contribution < 1.29 is 23.8 Å².